The van der Waals surface area contributed by atoms with Crippen molar-refractivity contribution in [1.82, 2.24) is 9.55 Å². The van der Waals surface area contributed by atoms with Gasteiger partial charge in [-0.3, -0.25) is 14.2 Å². The number of carbonyl (C=O) groups is 1. The maximum Gasteiger partial charge on any atom is 0.307 e. The van der Waals surface area contributed by atoms with Crippen LogP contribution in [-0.2, 0) is 22.7 Å². The predicted octanol–water partition coefficient (Wildman–Crippen LogP) is 4.07. The Hall–Kier alpha value is -4.24. The second kappa shape index (κ2) is 9.06. The van der Waals surface area contributed by atoms with E-state index in [1.807, 2.05) is 48.5 Å². The number of para-hydroxylation sites is 1. The summed E-state index contributed by atoms with van der Waals surface area (Å²) < 4.78 is 6.76. The van der Waals surface area contributed by atoms with E-state index in [1.165, 1.54) is 10.9 Å². The Morgan fingerprint density at radius 2 is 1.74 bits per heavy atom. The molecule has 0 radical (unpaired) electrons. The third-order valence-corrected chi connectivity index (χ3v) is 5.00. The van der Waals surface area contributed by atoms with E-state index in [4.69, 9.17) is 4.74 Å². The molecule has 4 aromatic rings. The van der Waals surface area contributed by atoms with Crippen LogP contribution in [0.3, 0.4) is 0 Å². The van der Waals surface area contributed by atoms with Gasteiger partial charge < -0.3 is 4.74 Å². The van der Waals surface area contributed by atoms with Crippen LogP contribution in [0.1, 0.15) is 17.5 Å². The number of nitrogens with zero attached hydrogens (tertiary/aromatic N) is 3. The van der Waals surface area contributed by atoms with Gasteiger partial charge in [-0.2, -0.15) is 5.26 Å². The molecule has 0 aliphatic carbocycles. The summed E-state index contributed by atoms with van der Waals surface area (Å²) in [6, 6.07) is 24.2. The van der Waals surface area contributed by atoms with Crippen molar-refractivity contribution in [1.29, 1.82) is 5.26 Å². The second-order valence-corrected chi connectivity index (χ2v) is 7.03. The molecule has 0 spiro atoms. The molecule has 1 aromatic heterocycles. The van der Waals surface area contributed by atoms with E-state index in [9.17, 15) is 14.9 Å². The SMILES string of the molecule is N#Cc1ccccc1-c1ccc(COC(=O)CCn2cnc3ccccc3c2=O)cc1. The average Bonchev–Trinajstić information content (AvgIpc) is 2.83. The molecule has 0 unspecified atom stereocenters. The maximum absolute atomic E-state index is 12.5. The zero-order valence-corrected chi connectivity index (χ0v) is 16.7. The van der Waals surface area contributed by atoms with Crippen LogP contribution >= 0.6 is 0 Å². The van der Waals surface area contributed by atoms with Crippen molar-refractivity contribution in [2.45, 2.75) is 19.6 Å². The molecular formula is C25H19N3O3. The zero-order valence-electron chi connectivity index (χ0n) is 16.7. The Morgan fingerprint density at radius 3 is 2.55 bits per heavy atom. The molecule has 6 heteroatoms. The van der Waals surface area contributed by atoms with Gasteiger partial charge >= 0.3 is 5.97 Å². The van der Waals surface area contributed by atoms with E-state index in [-0.39, 0.29) is 31.1 Å². The lowest BCUT2D eigenvalue weighted by Gasteiger charge is -2.09. The standard InChI is InChI=1S/C25H19N3O3/c26-15-20-5-1-2-6-21(20)19-11-9-18(10-12-19)16-31-24(29)13-14-28-17-27-23-8-4-3-7-22(23)25(28)30/h1-12,17H,13-14,16H2. The Bertz CT molecular complexity index is 1330. The van der Waals surface area contributed by atoms with Crippen molar-refractivity contribution in [3.05, 3.63) is 101 Å². The summed E-state index contributed by atoms with van der Waals surface area (Å²) in [5.74, 6) is -0.390. The number of aryl methyl sites for hydroxylation is 1. The Morgan fingerprint density at radius 1 is 1.00 bits per heavy atom. The van der Waals surface area contributed by atoms with E-state index in [0.29, 0.717) is 16.5 Å². The van der Waals surface area contributed by atoms with E-state index in [2.05, 4.69) is 11.1 Å². The lowest BCUT2D eigenvalue weighted by atomic mass is 9.99. The van der Waals surface area contributed by atoms with Gasteiger partial charge in [-0.1, -0.05) is 54.6 Å². The van der Waals surface area contributed by atoms with Gasteiger partial charge in [0.15, 0.2) is 0 Å². The number of aromatic nitrogens is 2. The number of hydrogen-bond donors (Lipinski definition) is 0. The summed E-state index contributed by atoms with van der Waals surface area (Å²) in [5.41, 5.74) is 3.70. The van der Waals surface area contributed by atoms with Gasteiger partial charge in [0.25, 0.3) is 5.56 Å². The lowest BCUT2D eigenvalue weighted by molar-refractivity contribution is -0.145. The Balaban J connectivity index is 1.35. The van der Waals surface area contributed by atoms with Crippen molar-refractivity contribution in [2.24, 2.45) is 0 Å². The first-order valence-electron chi connectivity index (χ1n) is 9.84. The molecule has 3 aromatic carbocycles. The number of nitriles is 1. The van der Waals surface area contributed by atoms with Gasteiger partial charge in [0.2, 0.25) is 0 Å². The molecule has 0 atom stereocenters. The minimum Gasteiger partial charge on any atom is -0.461 e. The third-order valence-electron chi connectivity index (χ3n) is 5.00. The van der Waals surface area contributed by atoms with E-state index in [1.54, 1.807) is 24.3 Å². The van der Waals surface area contributed by atoms with Gasteiger partial charge in [-0.15, -0.1) is 0 Å². The molecular weight excluding hydrogens is 390 g/mol. The molecule has 0 amide bonds. The van der Waals surface area contributed by atoms with Crippen LogP contribution in [0.4, 0.5) is 0 Å². The van der Waals surface area contributed by atoms with Crippen molar-refractivity contribution in [3.63, 3.8) is 0 Å². The fourth-order valence-electron chi connectivity index (χ4n) is 3.33. The predicted molar refractivity (Wildman–Crippen MR) is 117 cm³/mol. The molecule has 6 nitrogen and oxygen atoms in total. The molecule has 0 aliphatic rings. The van der Waals surface area contributed by atoms with Gasteiger partial charge in [0.05, 0.1) is 35.3 Å². The van der Waals surface area contributed by atoms with Gasteiger partial charge in [-0.25, -0.2) is 4.98 Å². The highest BCUT2D eigenvalue weighted by molar-refractivity contribution is 5.77. The molecule has 0 bridgehead atoms. The summed E-state index contributed by atoms with van der Waals surface area (Å²) >= 11 is 0. The second-order valence-electron chi connectivity index (χ2n) is 7.03. The molecule has 31 heavy (non-hydrogen) atoms. The lowest BCUT2D eigenvalue weighted by Crippen LogP contribution is -2.22. The fraction of sp³-hybridized carbons (Fsp3) is 0.120. The largest absolute Gasteiger partial charge is 0.461 e. The maximum atomic E-state index is 12.5. The van der Waals surface area contributed by atoms with E-state index in [0.717, 1.165) is 16.7 Å². The number of rotatable bonds is 6. The van der Waals surface area contributed by atoms with Crippen molar-refractivity contribution in [3.8, 4) is 17.2 Å². The zero-order chi connectivity index (χ0) is 21.6. The summed E-state index contributed by atoms with van der Waals surface area (Å²) in [5, 5.41) is 9.77. The first kappa shape index (κ1) is 20.0. The molecule has 1 heterocycles. The number of carbonyl (C=O) groups excluding carboxylic acids is 1. The molecule has 0 saturated carbocycles. The summed E-state index contributed by atoms with van der Waals surface area (Å²) in [6.07, 6.45) is 1.53. The third kappa shape index (κ3) is 4.51. The molecule has 152 valence electrons. The highest BCUT2D eigenvalue weighted by Crippen LogP contribution is 2.23. The monoisotopic (exact) mass is 409 g/mol. The molecule has 0 N–H and O–H groups in total. The molecule has 0 fully saturated rings. The van der Waals surface area contributed by atoms with Crippen LogP contribution in [-0.4, -0.2) is 15.5 Å². The first-order valence-corrected chi connectivity index (χ1v) is 9.84. The number of ether oxygens (including phenoxy) is 1. The molecule has 4 rings (SSSR count). The van der Waals surface area contributed by atoms with Crippen LogP contribution in [0.2, 0.25) is 0 Å². The van der Waals surface area contributed by atoms with E-state index >= 15 is 0 Å². The average molecular weight is 409 g/mol. The van der Waals surface area contributed by atoms with Gasteiger partial charge in [0.1, 0.15) is 6.61 Å². The highest BCUT2D eigenvalue weighted by Gasteiger charge is 2.08. The van der Waals surface area contributed by atoms with Crippen molar-refractivity contribution < 1.29 is 9.53 Å². The van der Waals surface area contributed by atoms with Gasteiger partial charge in [0, 0.05) is 6.54 Å². The number of hydrogen-bond acceptors (Lipinski definition) is 5. The summed E-state index contributed by atoms with van der Waals surface area (Å²) in [4.78, 5) is 28.9. The minimum atomic E-state index is -0.390. The van der Waals surface area contributed by atoms with Crippen molar-refractivity contribution in [2.75, 3.05) is 0 Å². The van der Waals surface area contributed by atoms with Crippen LogP contribution in [0.5, 0.6) is 0 Å². The summed E-state index contributed by atoms with van der Waals surface area (Å²) in [6.45, 7) is 0.350. The quantitative estimate of drug-likeness (QED) is 0.448. The Labute approximate surface area is 179 Å². The molecule has 0 aliphatic heterocycles. The van der Waals surface area contributed by atoms with Crippen LogP contribution < -0.4 is 5.56 Å². The first-order chi connectivity index (χ1) is 15.2. The Kier molecular flexibility index (Phi) is 5.86. The van der Waals surface area contributed by atoms with Crippen LogP contribution in [0.15, 0.2) is 83.9 Å². The van der Waals surface area contributed by atoms with Crippen molar-refractivity contribution >= 4 is 16.9 Å². The van der Waals surface area contributed by atoms with Crippen LogP contribution in [0, 0.1) is 11.3 Å². The normalized spacial score (nSPS) is 10.5. The van der Waals surface area contributed by atoms with Gasteiger partial charge in [-0.05, 0) is 34.9 Å². The summed E-state index contributed by atoms with van der Waals surface area (Å²) in [7, 11) is 0. The molecule has 0 saturated heterocycles. The van der Waals surface area contributed by atoms with E-state index < -0.39 is 0 Å². The minimum absolute atomic E-state index is 0.0769. The number of fused-ring (bicyclic) bond motifs is 1. The number of benzene rings is 3. The topological polar surface area (TPSA) is 85.0 Å². The smallest absolute Gasteiger partial charge is 0.307 e. The fourth-order valence-corrected chi connectivity index (χ4v) is 3.33. The van der Waals surface area contributed by atoms with Crippen LogP contribution in [0.25, 0.3) is 22.0 Å². The number of esters is 1. The highest BCUT2D eigenvalue weighted by atomic mass is 16.5.